The first kappa shape index (κ1) is 18.7. The second-order valence-electron chi connectivity index (χ2n) is 5.82. The van der Waals surface area contributed by atoms with Gasteiger partial charge < -0.3 is 0 Å². The lowest BCUT2D eigenvalue weighted by Gasteiger charge is -2.04. The van der Waals surface area contributed by atoms with E-state index in [4.69, 9.17) is 0 Å². The van der Waals surface area contributed by atoms with Crippen LogP contribution in [-0.4, -0.2) is 21.5 Å². The van der Waals surface area contributed by atoms with Crippen LogP contribution in [0, 0.1) is 20.2 Å². The highest BCUT2D eigenvalue weighted by Crippen LogP contribution is 2.22. The van der Waals surface area contributed by atoms with Gasteiger partial charge in [0.1, 0.15) is 11.1 Å². The van der Waals surface area contributed by atoms with Crippen molar-refractivity contribution in [1.82, 2.24) is 0 Å². The predicted molar refractivity (Wildman–Crippen MR) is 95.3 cm³/mol. The van der Waals surface area contributed by atoms with E-state index < -0.39 is 32.9 Å². The zero-order valence-corrected chi connectivity index (χ0v) is 14.5. The quantitative estimate of drug-likeness (QED) is 0.333. The average Bonchev–Trinajstić information content (AvgIpc) is 2.67. The fraction of sp³-hybridized carbons (Fsp3) is 0.111. The lowest BCUT2D eigenvalue weighted by atomic mass is 10.1. The molecule has 0 fully saturated rings. The summed E-state index contributed by atoms with van der Waals surface area (Å²) >= 11 is 0. The highest BCUT2D eigenvalue weighted by Gasteiger charge is 2.26. The van der Waals surface area contributed by atoms with E-state index in [0.29, 0.717) is 5.56 Å². The molecule has 0 aliphatic carbocycles. The first-order chi connectivity index (χ1) is 13.3. The van der Waals surface area contributed by atoms with Gasteiger partial charge in [-0.1, -0.05) is 31.2 Å². The summed E-state index contributed by atoms with van der Waals surface area (Å²) in [7, 11) is 0. The molecular formula is C18H12N4O6. The summed E-state index contributed by atoms with van der Waals surface area (Å²) in [6.07, 6.45) is 1.80. The number of aryl methyl sites for hydroxylation is 1. The molecular weight excluding hydrogens is 368 g/mol. The first-order valence-electron chi connectivity index (χ1n) is 8.09. The van der Waals surface area contributed by atoms with Gasteiger partial charge in [-0.3, -0.25) is 29.8 Å². The number of allylic oxidation sites excluding steroid dienone is 1. The molecule has 10 nitrogen and oxygen atoms in total. The maximum Gasteiger partial charge on any atom is 0.348 e. The van der Waals surface area contributed by atoms with Crippen LogP contribution < -0.4 is 10.7 Å². The van der Waals surface area contributed by atoms with Gasteiger partial charge in [0, 0.05) is 11.6 Å². The molecule has 0 atom stereocenters. The van der Waals surface area contributed by atoms with Gasteiger partial charge in [-0.05, 0) is 12.0 Å². The van der Waals surface area contributed by atoms with E-state index in [2.05, 4.69) is 9.98 Å². The normalized spacial score (nSPS) is 14.0. The third-order valence-corrected chi connectivity index (χ3v) is 4.06. The fourth-order valence-corrected chi connectivity index (χ4v) is 2.58. The minimum Gasteiger partial charge on any atom is -0.289 e. The van der Waals surface area contributed by atoms with Crippen LogP contribution in [0.2, 0.25) is 0 Å². The minimum atomic E-state index is -0.937. The average molecular weight is 380 g/mol. The third-order valence-electron chi connectivity index (χ3n) is 4.06. The van der Waals surface area contributed by atoms with Gasteiger partial charge in [0.15, 0.2) is 5.78 Å². The van der Waals surface area contributed by atoms with Crippen LogP contribution in [0.4, 0.5) is 11.4 Å². The van der Waals surface area contributed by atoms with Gasteiger partial charge in [-0.25, -0.2) is 9.98 Å². The van der Waals surface area contributed by atoms with Gasteiger partial charge in [0.05, 0.1) is 27.3 Å². The molecule has 0 saturated heterocycles. The van der Waals surface area contributed by atoms with Crippen molar-refractivity contribution in [3.8, 4) is 0 Å². The molecule has 0 unspecified atom stereocenters. The Morgan fingerprint density at radius 1 is 1.00 bits per heavy atom. The van der Waals surface area contributed by atoms with E-state index in [1.165, 1.54) is 0 Å². The van der Waals surface area contributed by atoms with Gasteiger partial charge in [-0.15, -0.1) is 0 Å². The Morgan fingerprint density at radius 3 is 2.04 bits per heavy atom. The summed E-state index contributed by atoms with van der Waals surface area (Å²) < 4.78 is 0. The largest absolute Gasteiger partial charge is 0.348 e. The number of fused-ring (bicyclic) bond motifs is 1. The van der Waals surface area contributed by atoms with E-state index in [1.54, 1.807) is 24.3 Å². The molecule has 10 heteroatoms. The Morgan fingerprint density at radius 2 is 1.54 bits per heavy atom. The summed E-state index contributed by atoms with van der Waals surface area (Å²) in [5.74, 6) is -1.35. The first-order valence-corrected chi connectivity index (χ1v) is 8.09. The van der Waals surface area contributed by atoms with Gasteiger partial charge in [0.25, 0.3) is 5.91 Å². The molecule has 3 rings (SSSR count). The Hall–Kier alpha value is -4.08. The van der Waals surface area contributed by atoms with Crippen LogP contribution in [0.25, 0.3) is 0 Å². The summed E-state index contributed by atoms with van der Waals surface area (Å²) in [6, 6.07) is 8.48. The number of benzene rings is 2. The number of nitro benzene ring substituents is 2. The summed E-state index contributed by atoms with van der Waals surface area (Å²) in [4.78, 5) is 52.3. The molecule has 28 heavy (non-hydrogen) atoms. The lowest BCUT2D eigenvalue weighted by molar-refractivity contribution is -0.422. The van der Waals surface area contributed by atoms with Crippen molar-refractivity contribution in [3.05, 3.63) is 90.2 Å². The summed E-state index contributed by atoms with van der Waals surface area (Å²) in [5.41, 5.74) is -0.498. The molecule has 1 aliphatic rings. The van der Waals surface area contributed by atoms with E-state index in [1.807, 2.05) is 6.92 Å². The fourth-order valence-electron chi connectivity index (χ4n) is 2.58. The number of carbonyl (C=O) groups is 2. The second-order valence-corrected chi connectivity index (χ2v) is 5.82. The monoisotopic (exact) mass is 380 g/mol. The zero-order chi connectivity index (χ0) is 20.4. The Bertz CT molecular complexity index is 1180. The van der Waals surface area contributed by atoms with Gasteiger partial charge >= 0.3 is 11.4 Å². The number of nitro groups is 2. The maximum absolute atomic E-state index is 12.4. The molecule has 1 aliphatic heterocycles. The van der Waals surface area contributed by atoms with Crippen molar-refractivity contribution in [2.24, 2.45) is 9.98 Å². The van der Waals surface area contributed by atoms with E-state index >= 15 is 0 Å². The molecule has 0 bridgehead atoms. The molecule has 0 aromatic heterocycles. The molecule has 0 N–H and O–H groups in total. The van der Waals surface area contributed by atoms with E-state index in [9.17, 15) is 29.8 Å². The van der Waals surface area contributed by atoms with Crippen molar-refractivity contribution in [2.45, 2.75) is 13.3 Å². The molecule has 0 saturated carbocycles. The van der Waals surface area contributed by atoms with Crippen LogP contribution >= 0.6 is 0 Å². The molecule has 1 heterocycles. The smallest absolute Gasteiger partial charge is 0.289 e. The maximum atomic E-state index is 12.4. The molecule has 0 radical (unpaired) electrons. The van der Waals surface area contributed by atoms with E-state index in [0.717, 1.165) is 30.2 Å². The summed E-state index contributed by atoms with van der Waals surface area (Å²) in [5, 5.41) is 21.8. The number of hydrogen-bond acceptors (Lipinski definition) is 7. The van der Waals surface area contributed by atoms with Gasteiger partial charge in [-0.2, -0.15) is 0 Å². The molecule has 2 aromatic rings. The number of ketones is 1. The van der Waals surface area contributed by atoms with Crippen LogP contribution in [0.15, 0.2) is 58.2 Å². The Labute approximate surface area is 156 Å². The predicted octanol–water partition coefficient (Wildman–Crippen LogP) is 1.61. The minimum absolute atomic E-state index is 0.0997. The molecule has 140 valence electrons. The molecule has 2 aromatic carbocycles. The second kappa shape index (κ2) is 7.27. The number of carbonyl (C=O) groups excluding carboxylic acids is 2. The van der Waals surface area contributed by atoms with Crippen LogP contribution in [0.5, 0.6) is 0 Å². The lowest BCUT2D eigenvalue weighted by Crippen LogP contribution is -2.32. The number of hydrogen-bond donors (Lipinski definition) is 0. The summed E-state index contributed by atoms with van der Waals surface area (Å²) in [6.45, 7) is 1.97. The van der Waals surface area contributed by atoms with Crippen molar-refractivity contribution in [2.75, 3.05) is 0 Å². The van der Waals surface area contributed by atoms with Crippen molar-refractivity contribution >= 4 is 23.1 Å². The van der Waals surface area contributed by atoms with E-state index in [-0.39, 0.29) is 16.4 Å². The van der Waals surface area contributed by atoms with Gasteiger partial charge in [0.2, 0.25) is 0 Å². The zero-order valence-electron chi connectivity index (χ0n) is 14.5. The molecule has 1 amide bonds. The highest BCUT2D eigenvalue weighted by atomic mass is 16.6. The Balaban J connectivity index is 2.07. The number of rotatable bonds is 5. The Kier molecular flexibility index (Phi) is 4.86. The van der Waals surface area contributed by atoms with Crippen molar-refractivity contribution in [1.29, 1.82) is 0 Å². The topological polar surface area (TPSA) is 145 Å². The van der Waals surface area contributed by atoms with Crippen LogP contribution in [0.3, 0.4) is 0 Å². The van der Waals surface area contributed by atoms with Crippen molar-refractivity contribution in [3.63, 3.8) is 0 Å². The van der Waals surface area contributed by atoms with Crippen LogP contribution in [-0.2, 0) is 11.2 Å². The molecule has 0 spiro atoms. The van der Waals surface area contributed by atoms with Crippen molar-refractivity contribution < 1.29 is 19.4 Å². The standard InChI is InChI=1S/C18H12N4O6/c1-2-10-3-5-11(6-4-10)17(23)9-14-18(24)20-13-8-16(22(27)28)15(21(25)26)7-12(13)19-14/h3-9H,2H2,1H3/b14-9+. The third kappa shape index (κ3) is 3.56. The number of amides is 1. The SMILES string of the molecule is CCc1ccc(C(=O)/C=C2/N=c3cc([N+](=O)[O-])c([N+](=O)[O-])cc3=NC2=O)cc1. The highest BCUT2D eigenvalue weighted by molar-refractivity contribution is 6.09. The van der Waals surface area contributed by atoms with Crippen LogP contribution in [0.1, 0.15) is 22.8 Å². The number of nitrogens with zero attached hydrogens (tertiary/aromatic N) is 4.